The molecule has 1 saturated carbocycles. The van der Waals surface area contributed by atoms with Gasteiger partial charge in [0.1, 0.15) is 11.2 Å². The third-order valence-corrected chi connectivity index (χ3v) is 3.67. The fourth-order valence-corrected chi connectivity index (χ4v) is 2.21. The standard InChI is InChI=1S/C16H21NO4/c1-10(2)21-13-6-4-5-12(9-13)11(3)17-14(18)16(7-8-16)15(19)20/h4-6,9-11H,7-8H2,1-3H3,(H,17,18)(H,19,20). The van der Waals surface area contributed by atoms with Crippen molar-refractivity contribution >= 4 is 11.9 Å². The number of rotatable bonds is 6. The monoisotopic (exact) mass is 291 g/mol. The topological polar surface area (TPSA) is 75.6 Å². The number of carbonyl (C=O) groups excluding carboxylic acids is 1. The van der Waals surface area contributed by atoms with E-state index in [1.807, 2.05) is 45.0 Å². The lowest BCUT2D eigenvalue weighted by Crippen LogP contribution is -2.38. The number of aliphatic carboxylic acids is 1. The van der Waals surface area contributed by atoms with Crippen LogP contribution < -0.4 is 10.1 Å². The molecule has 5 heteroatoms. The Morgan fingerprint density at radius 3 is 2.48 bits per heavy atom. The Morgan fingerprint density at radius 1 is 1.29 bits per heavy atom. The maximum absolute atomic E-state index is 12.1. The highest BCUT2D eigenvalue weighted by Crippen LogP contribution is 2.46. The van der Waals surface area contributed by atoms with Gasteiger partial charge in [0.15, 0.2) is 0 Å². The summed E-state index contributed by atoms with van der Waals surface area (Å²) >= 11 is 0. The van der Waals surface area contributed by atoms with Gasteiger partial charge in [-0.1, -0.05) is 12.1 Å². The van der Waals surface area contributed by atoms with E-state index in [1.54, 1.807) is 0 Å². The van der Waals surface area contributed by atoms with Gasteiger partial charge in [0.2, 0.25) is 5.91 Å². The Labute approximate surface area is 124 Å². The maximum atomic E-state index is 12.1. The van der Waals surface area contributed by atoms with Crippen LogP contribution >= 0.6 is 0 Å². The van der Waals surface area contributed by atoms with Gasteiger partial charge in [-0.2, -0.15) is 0 Å². The molecular weight excluding hydrogens is 270 g/mol. The summed E-state index contributed by atoms with van der Waals surface area (Å²) in [6.07, 6.45) is 0.904. The van der Waals surface area contributed by atoms with Crippen molar-refractivity contribution in [3.8, 4) is 5.75 Å². The van der Waals surface area contributed by atoms with E-state index in [-0.39, 0.29) is 12.1 Å². The van der Waals surface area contributed by atoms with Gasteiger partial charge in [-0.25, -0.2) is 0 Å². The number of carboxylic acids is 1. The SMILES string of the molecule is CC(C)Oc1cccc(C(C)NC(=O)C2(C(=O)O)CC2)c1. The van der Waals surface area contributed by atoms with Gasteiger partial charge in [0.05, 0.1) is 12.1 Å². The number of hydrogen-bond acceptors (Lipinski definition) is 3. The lowest BCUT2D eigenvalue weighted by atomic mass is 10.0. The Bertz CT molecular complexity index is 549. The molecule has 1 amide bonds. The number of carbonyl (C=O) groups is 2. The number of ether oxygens (including phenoxy) is 1. The molecule has 1 atom stereocenters. The second-order valence-corrected chi connectivity index (χ2v) is 5.82. The van der Waals surface area contributed by atoms with Gasteiger partial charge in [0, 0.05) is 0 Å². The molecule has 2 N–H and O–H groups in total. The molecule has 0 bridgehead atoms. The van der Waals surface area contributed by atoms with Crippen molar-refractivity contribution in [2.24, 2.45) is 5.41 Å². The smallest absolute Gasteiger partial charge is 0.319 e. The van der Waals surface area contributed by atoms with Gasteiger partial charge in [-0.05, 0) is 51.3 Å². The number of benzene rings is 1. The van der Waals surface area contributed by atoms with Crippen molar-refractivity contribution in [3.63, 3.8) is 0 Å². The average molecular weight is 291 g/mol. The lowest BCUT2D eigenvalue weighted by molar-refractivity contribution is -0.149. The predicted octanol–water partition coefficient (Wildman–Crippen LogP) is 2.52. The van der Waals surface area contributed by atoms with Crippen LogP contribution in [0.25, 0.3) is 0 Å². The van der Waals surface area contributed by atoms with Crippen LogP contribution in [0.4, 0.5) is 0 Å². The van der Waals surface area contributed by atoms with E-state index in [2.05, 4.69) is 5.32 Å². The Balaban J connectivity index is 2.05. The summed E-state index contributed by atoms with van der Waals surface area (Å²) in [4.78, 5) is 23.2. The molecule has 0 saturated heterocycles. The fraction of sp³-hybridized carbons (Fsp3) is 0.500. The zero-order chi connectivity index (χ0) is 15.6. The molecule has 1 unspecified atom stereocenters. The Hall–Kier alpha value is -2.04. The van der Waals surface area contributed by atoms with Crippen LogP contribution in [0.1, 0.15) is 45.2 Å². The highest BCUT2D eigenvalue weighted by atomic mass is 16.5. The van der Waals surface area contributed by atoms with E-state index in [0.29, 0.717) is 12.8 Å². The molecule has 0 spiro atoms. The largest absolute Gasteiger partial charge is 0.491 e. The van der Waals surface area contributed by atoms with E-state index in [0.717, 1.165) is 11.3 Å². The molecule has 0 aromatic heterocycles. The van der Waals surface area contributed by atoms with Crippen molar-refractivity contribution in [3.05, 3.63) is 29.8 Å². The number of nitrogens with one attached hydrogen (secondary N) is 1. The first-order valence-electron chi connectivity index (χ1n) is 7.16. The molecule has 1 aromatic rings. The third kappa shape index (κ3) is 3.35. The minimum absolute atomic E-state index is 0.0758. The van der Waals surface area contributed by atoms with Crippen molar-refractivity contribution in [2.45, 2.75) is 45.8 Å². The van der Waals surface area contributed by atoms with Crippen LogP contribution in [0.2, 0.25) is 0 Å². The van der Waals surface area contributed by atoms with Crippen molar-refractivity contribution in [1.29, 1.82) is 0 Å². The molecule has 0 radical (unpaired) electrons. The molecular formula is C16H21NO4. The summed E-state index contributed by atoms with van der Waals surface area (Å²) in [5, 5.41) is 11.9. The Morgan fingerprint density at radius 2 is 1.95 bits per heavy atom. The molecule has 114 valence electrons. The second kappa shape index (κ2) is 5.76. The molecule has 21 heavy (non-hydrogen) atoms. The summed E-state index contributed by atoms with van der Waals surface area (Å²) in [5.41, 5.74) is -0.317. The summed E-state index contributed by atoms with van der Waals surface area (Å²) in [5.74, 6) is -0.704. The van der Waals surface area contributed by atoms with E-state index in [4.69, 9.17) is 9.84 Å². The summed E-state index contributed by atoms with van der Waals surface area (Å²) < 4.78 is 5.62. The first-order valence-corrected chi connectivity index (χ1v) is 7.16. The predicted molar refractivity (Wildman–Crippen MR) is 78.1 cm³/mol. The highest BCUT2D eigenvalue weighted by Gasteiger charge is 2.57. The first kappa shape index (κ1) is 15.4. The number of amides is 1. The minimum atomic E-state index is -1.21. The third-order valence-electron chi connectivity index (χ3n) is 3.67. The quantitative estimate of drug-likeness (QED) is 0.790. The van der Waals surface area contributed by atoms with Crippen LogP contribution in [0.3, 0.4) is 0 Å². The zero-order valence-corrected chi connectivity index (χ0v) is 12.6. The van der Waals surface area contributed by atoms with Crippen LogP contribution in [0, 0.1) is 5.41 Å². The van der Waals surface area contributed by atoms with Gasteiger partial charge in [-0.3, -0.25) is 9.59 Å². The molecule has 0 heterocycles. The van der Waals surface area contributed by atoms with Gasteiger partial charge in [0.25, 0.3) is 0 Å². The fourth-order valence-electron chi connectivity index (χ4n) is 2.21. The van der Waals surface area contributed by atoms with Crippen molar-refractivity contribution in [1.82, 2.24) is 5.32 Å². The molecule has 0 aliphatic heterocycles. The van der Waals surface area contributed by atoms with Gasteiger partial charge in [-0.15, -0.1) is 0 Å². The molecule has 1 aliphatic rings. The van der Waals surface area contributed by atoms with Crippen LogP contribution in [0.15, 0.2) is 24.3 Å². The normalized spacial score (nSPS) is 17.1. The van der Waals surface area contributed by atoms with Crippen LogP contribution in [0.5, 0.6) is 5.75 Å². The lowest BCUT2D eigenvalue weighted by Gasteiger charge is -2.18. The average Bonchev–Trinajstić information content (AvgIpc) is 3.19. The maximum Gasteiger partial charge on any atom is 0.319 e. The molecule has 1 aromatic carbocycles. The summed E-state index contributed by atoms with van der Waals surface area (Å²) in [6.45, 7) is 5.73. The van der Waals surface area contributed by atoms with E-state index < -0.39 is 17.3 Å². The molecule has 1 fully saturated rings. The zero-order valence-electron chi connectivity index (χ0n) is 12.6. The molecule has 2 rings (SSSR count). The van der Waals surface area contributed by atoms with E-state index >= 15 is 0 Å². The van der Waals surface area contributed by atoms with Crippen molar-refractivity contribution in [2.75, 3.05) is 0 Å². The molecule has 5 nitrogen and oxygen atoms in total. The van der Waals surface area contributed by atoms with E-state index in [1.165, 1.54) is 0 Å². The number of hydrogen-bond donors (Lipinski definition) is 2. The minimum Gasteiger partial charge on any atom is -0.491 e. The van der Waals surface area contributed by atoms with E-state index in [9.17, 15) is 9.59 Å². The Kier molecular flexibility index (Phi) is 4.21. The molecule has 1 aliphatic carbocycles. The highest BCUT2D eigenvalue weighted by molar-refractivity contribution is 6.04. The van der Waals surface area contributed by atoms with Gasteiger partial charge >= 0.3 is 5.97 Å². The van der Waals surface area contributed by atoms with Gasteiger partial charge < -0.3 is 15.2 Å². The second-order valence-electron chi connectivity index (χ2n) is 5.82. The number of carboxylic acid groups (broad SMARTS) is 1. The summed E-state index contributed by atoms with van der Waals surface area (Å²) in [6, 6.07) is 7.21. The first-order chi connectivity index (χ1) is 9.85. The summed E-state index contributed by atoms with van der Waals surface area (Å²) in [7, 11) is 0. The van der Waals surface area contributed by atoms with Crippen LogP contribution in [-0.2, 0) is 9.59 Å². The van der Waals surface area contributed by atoms with Crippen LogP contribution in [-0.4, -0.2) is 23.1 Å². The van der Waals surface area contributed by atoms with Crippen molar-refractivity contribution < 1.29 is 19.4 Å².